The number of thioether (sulfide) groups is 1. The Labute approximate surface area is 156 Å². The van der Waals surface area contributed by atoms with Gasteiger partial charge in [0.1, 0.15) is 16.8 Å². The summed E-state index contributed by atoms with van der Waals surface area (Å²) in [5, 5.41) is 13.7. The van der Waals surface area contributed by atoms with Gasteiger partial charge in [-0.05, 0) is 38.0 Å². The van der Waals surface area contributed by atoms with Crippen molar-refractivity contribution in [2.24, 2.45) is 0 Å². The van der Waals surface area contributed by atoms with Gasteiger partial charge in [0.25, 0.3) is 0 Å². The molecule has 0 bridgehead atoms. The maximum Gasteiger partial charge on any atom is 0.230 e. The molecule has 2 heterocycles. The van der Waals surface area contributed by atoms with Crippen LogP contribution in [0, 0.1) is 11.3 Å². The number of pyridine rings is 1. The average molecular weight is 371 g/mol. The molecular weight excluding hydrogens is 350 g/mol. The third kappa shape index (κ3) is 4.65. The maximum absolute atomic E-state index is 12.1. The third-order valence-corrected chi connectivity index (χ3v) is 5.07. The minimum atomic E-state index is -0.0839. The minimum absolute atomic E-state index is 0.0839. The van der Waals surface area contributed by atoms with Gasteiger partial charge in [0, 0.05) is 24.6 Å². The van der Waals surface area contributed by atoms with E-state index in [0.29, 0.717) is 23.7 Å². The van der Waals surface area contributed by atoms with E-state index in [1.807, 2.05) is 25.1 Å². The van der Waals surface area contributed by atoms with Crippen molar-refractivity contribution in [3.63, 3.8) is 0 Å². The number of amides is 1. The number of nitriles is 1. The molecule has 1 unspecified atom stereocenters. The highest BCUT2D eigenvalue weighted by atomic mass is 32.2. The molecule has 2 aromatic rings. The van der Waals surface area contributed by atoms with Gasteiger partial charge < -0.3 is 14.8 Å². The quantitative estimate of drug-likeness (QED) is 0.754. The highest BCUT2D eigenvalue weighted by Gasteiger charge is 2.16. The molecule has 26 heavy (non-hydrogen) atoms. The van der Waals surface area contributed by atoms with Crippen LogP contribution in [0.3, 0.4) is 0 Å². The predicted molar refractivity (Wildman–Crippen MR) is 100 cm³/mol. The number of hydrogen-bond acceptors (Lipinski definition) is 6. The molecule has 7 heteroatoms. The molecule has 0 spiro atoms. The van der Waals surface area contributed by atoms with Crippen molar-refractivity contribution < 1.29 is 14.3 Å². The molecule has 0 aliphatic carbocycles. The monoisotopic (exact) mass is 371 g/mol. The van der Waals surface area contributed by atoms with Crippen molar-refractivity contribution in [2.75, 3.05) is 25.5 Å². The summed E-state index contributed by atoms with van der Waals surface area (Å²) in [7, 11) is 0. The van der Waals surface area contributed by atoms with Crippen LogP contribution in [0.1, 0.15) is 25.3 Å². The minimum Gasteiger partial charge on any atom is -0.494 e. The Hall–Kier alpha value is -2.30. The Bertz CT molecular complexity index is 829. The lowest BCUT2D eigenvalue weighted by Gasteiger charge is -2.11. The van der Waals surface area contributed by atoms with E-state index in [9.17, 15) is 10.1 Å². The van der Waals surface area contributed by atoms with Crippen LogP contribution in [0.25, 0.3) is 10.9 Å². The Morgan fingerprint density at radius 3 is 3.12 bits per heavy atom. The summed E-state index contributed by atoms with van der Waals surface area (Å²) in [6.07, 6.45) is 2.15. The van der Waals surface area contributed by atoms with Crippen LogP contribution < -0.4 is 10.1 Å². The van der Waals surface area contributed by atoms with Crippen molar-refractivity contribution in [3.8, 4) is 11.8 Å². The summed E-state index contributed by atoms with van der Waals surface area (Å²) in [5.74, 6) is 0.868. The number of benzene rings is 1. The average Bonchev–Trinajstić information content (AvgIpc) is 3.17. The number of aromatic nitrogens is 1. The summed E-state index contributed by atoms with van der Waals surface area (Å²) in [5.41, 5.74) is 1.22. The van der Waals surface area contributed by atoms with Crippen LogP contribution in [-0.4, -0.2) is 42.5 Å². The fourth-order valence-electron chi connectivity index (χ4n) is 2.79. The van der Waals surface area contributed by atoms with Crippen LogP contribution >= 0.6 is 11.8 Å². The van der Waals surface area contributed by atoms with Crippen molar-refractivity contribution in [1.82, 2.24) is 10.3 Å². The number of fused-ring (bicyclic) bond motifs is 1. The SMILES string of the molecule is CCOc1ccc2cc(C#N)c(SCC(=O)NCC3CCCO3)nc2c1. The topological polar surface area (TPSA) is 84.2 Å². The second-order valence-corrected chi connectivity index (χ2v) is 6.93. The molecule has 6 nitrogen and oxygen atoms in total. The Morgan fingerprint density at radius 2 is 2.38 bits per heavy atom. The van der Waals surface area contributed by atoms with E-state index in [2.05, 4.69) is 16.4 Å². The van der Waals surface area contributed by atoms with E-state index in [-0.39, 0.29) is 17.8 Å². The van der Waals surface area contributed by atoms with Crippen molar-refractivity contribution >= 4 is 28.6 Å². The van der Waals surface area contributed by atoms with Crippen LogP contribution in [0.15, 0.2) is 29.3 Å². The van der Waals surface area contributed by atoms with E-state index < -0.39 is 0 Å². The first-order valence-corrected chi connectivity index (χ1v) is 9.67. The number of carbonyl (C=O) groups is 1. The van der Waals surface area contributed by atoms with Crippen LogP contribution in [0.4, 0.5) is 0 Å². The molecular formula is C19H21N3O3S. The molecule has 1 atom stereocenters. The fraction of sp³-hybridized carbons (Fsp3) is 0.421. The van der Waals surface area contributed by atoms with Gasteiger partial charge >= 0.3 is 0 Å². The maximum atomic E-state index is 12.1. The van der Waals surface area contributed by atoms with Gasteiger partial charge in [-0.25, -0.2) is 4.98 Å². The smallest absolute Gasteiger partial charge is 0.230 e. The van der Waals surface area contributed by atoms with E-state index in [1.54, 1.807) is 6.07 Å². The molecule has 1 aromatic heterocycles. The third-order valence-electron chi connectivity index (χ3n) is 4.08. The lowest BCUT2D eigenvalue weighted by atomic mass is 10.1. The highest BCUT2D eigenvalue weighted by Crippen LogP contribution is 2.27. The first-order valence-electron chi connectivity index (χ1n) is 8.68. The van der Waals surface area contributed by atoms with Gasteiger partial charge in [0.2, 0.25) is 5.91 Å². The Balaban J connectivity index is 1.67. The highest BCUT2D eigenvalue weighted by molar-refractivity contribution is 8.00. The van der Waals surface area contributed by atoms with Crippen LogP contribution in [0.5, 0.6) is 5.75 Å². The number of hydrogen-bond donors (Lipinski definition) is 1. The summed E-state index contributed by atoms with van der Waals surface area (Å²) in [4.78, 5) is 16.6. The zero-order valence-electron chi connectivity index (χ0n) is 14.7. The lowest BCUT2D eigenvalue weighted by Crippen LogP contribution is -2.32. The van der Waals surface area contributed by atoms with E-state index >= 15 is 0 Å². The first kappa shape index (κ1) is 18.5. The molecule has 1 aromatic carbocycles. The zero-order valence-corrected chi connectivity index (χ0v) is 15.5. The van der Waals surface area contributed by atoms with Gasteiger partial charge in [0.05, 0.1) is 29.5 Å². The molecule has 1 amide bonds. The van der Waals surface area contributed by atoms with Crippen LogP contribution in [-0.2, 0) is 9.53 Å². The Morgan fingerprint density at radius 1 is 1.50 bits per heavy atom. The fourth-order valence-corrected chi connectivity index (χ4v) is 3.59. The van der Waals surface area contributed by atoms with Crippen molar-refractivity contribution in [2.45, 2.75) is 30.9 Å². The molecule has 0 saturated carbocycles. The largest absolute Gasteiger partial charge is 0.494 e. The second-order valence-electron chi connectivity index (χ2n) is 5.97. The van der Waals surface area contributed by atoms with Gasteiger partial charge in [-0.2, -0.15) is 5.26 Å². The molecule has 1 saturated heterocycles. The van der Waals surface area contributed by atoms with Gasteiger partial charge in [-0.15, -0.1) is 0 Å². The standard InChI is InChI=1S/C19H21N3O3S/c1-2-24-15-6-5-13-8-14(10-20)19(22-17(13)9-15)26-12-18(23)21-11-16-4-3-7-25-16/h5-6,8-9,16H,2-4,7,11-12H2,1H3,(H,21,23). The first-order chi connectivity index (χ1) is 12.7. The molecule has 1 fully saturated rings. The van der Waals surface area contributed by atoms with Gasteiger partial charge in [-0.3, -0.25) is 4.79 Å². The predicted octanol–water partition coefficient (Wildman–Crippen LogP) is 2.89. The normalized spacial score (nSPS) is 16.4. The number of nitrogens with zero attached hydrogens (tertiary/aromatic N) is 2. The Kier molecular flexibility index (Phi) is 6.31. The summed E-state index contributed by atoms with van der Waals surface area (Å²) in [6, 6.07) is 9.55. The summed E-state index contributed by atoms with van der Waals surface area (Å²) in [6.45, 7) is 3.81. The molecule has 1 N–H and O–H groups in total. The van der Waals surface area contributed by atoms with Crippen molar-refractivity contribution in [3.05, 3.63) is 29.8 Å². The molecule has 1 aliphatic heterocycles. The second kappa shape index (κ2) is 8.88. The molecule has 0 radical (unpaired) electrons. The number of carbonyl (C=O) groups excluding carboxylic acids is 1. The van der Waals surface area contributed by atoms with Crippen LogP contribution in [0.2, 0.25) is 0 Å². The molecule has 3 rings (SSSR count). The molecule has 1 aliphatic rings. The van der Waals surface area contributed by atoms with E-state index in [1.165, 1.54) is 11.8 Å². The number of ether oxygens (including phenoxy) is 2. The van der Waals surface area contributed by atoms with E-state index in [4.69, 9.17) is 9.47 Å². The lowest BCUT2D eigenvalue weighted by molar-refractivity contribution is -0.119. The number of nitrogens with one attached hydrogen (secondary N) is 1. The zero-order chi connectivity index (χ0) is 18.4. The van der Waals surface area contributed by atoms with Gasteiger partial charge in [0.15, 0.2) is 0 Å². The van der Waals surface area contributed by atoms with Crippen molar-refractivity contribution in [1.29, 1.82) is 5.26 Å². The van der Waals surface area contributed by atoms with E-state index in [0.717, 1.165) is 36.1 Å². The van der Waals surface area contributed by atoms with Gasteiger partial charge in [-0.1, -0.05) is 11.8 Å². The summed E-state index contributed by atoms with van der Waals surface area (Å²) < 4.78 is 11.0. The molecule has 136 valence electrons. The number of rotatable bonds is 7. The summed E-state index contributed by atoms with van der Waals surface area (Å²) >= 11 is 1.27.